The molecule has 5 heteroatoms. The zero-order valence-corrected chi connectivity index (χ0v) is 12.4. The largest absolute Gasteiger partial charge is 0.314 e. The molecule has 0 saturated heterocycles. The van der Waals surface area contributed by atoms with Crippen molar-refractivity contribution >= 4 is 21.6 Å². The molecule has 1 N–H and O–H groups in total. The lowest BCUT2D eigenvalue weighted by Crippen LogP contribution is -2.31. The Kier molecular flexibility index (Phi) is 6.29. The highest BCUT2D eigenvalue weighted by Gasteiger charge is 2.17. The Morgan fingerprint density at radius 2 is 2.17 bits per heavy atom. The number of nitrogens with one attached hydrogen (secondary N) is 1. The number of halogens is 1. The second-order valence-corrected chi connectivity index (χ2v) is 5.19. The maximum absolute atomic E-state index is 11.0. The Morgan fingerprint density at radius 3 is 2.72 bits per heavy atom. The number of nitro benzene ring substituents is 1. The fourth-order valence-electron chi connectivity index (χ4n) is 2.07. The van der Waals surface area contributed by atoms with Gasteiger partial charge in [-0.15, -0.1) is 0 Å². The second-order valence-electron chi connectivity index (χ2n) is 4.28. The molecule has 0 spiro atoms. The van der Waals surface area contributed by atoms with Crippen LogP contribution in [-0.2, 0) is 6.42 Å². The number of likely N-dealkylation sites (N-methyl/N-ethyl adjacent to an activating group) is 1. The molecule has 0 bridgehead atoms. The molecule has 0 aliphatic heterocycles. The van der Waals surface area contributed by atoms with Crippen molar-refractivity contribution in [2.75, 3.05) is 6.54 Å². The molecule has 0 aliphatic rings. The van der Waals surface area contributed by atoms with Crippen molar-refractivity contribution < 1.29 is 4.92 Å². The number of rotatable bonds is 7. The first-order chi connectivity index (χ1) is 8.58. The van der Waals surface area contributed by atoms with E-state index in [2.05, 4.69) is 35.1 Å². The van der Waals surface area contributed by atoms with E-state index in [4.69, 9.17) is 0 Å². The van der Waals surface area contributed by atoms with Gasteiger partial charge in [-0.1, -0.05) is 36.2 Å². The number of nitro groups is 1. The molecule has 4 nitrogen and oxygen atoms in total. The minimum Gasteiger partial charge on any atom is -0.314 e. The van der Waals surface area contributed by atoms with Gasteiger partial charge in [-0.2, -0.15) is 0 Å². The first-order valence-electron chi connectivity index (χ1n) is 6.24. The van der Waals surface area contributed by atoms with E-state index in [0.717, 1.165) is 29.4 Å². The van der Waals surface area contributed by atoms with Crippen LogP contribution in [0.2, 0.25) is 0 Å². The van der Waals surface area contributed by atoms with Gasteiger partial charge in [-0.05, 0) is 31.5 Å². The summed E-state index contributed by atoms with van der Waals surface area (Å²) in [5, 5.41) is 14.4. The van der Waals surface area contributed by atoms with Gasteiger partial charge in [-0.3, -0.25) is 10.1 Å². The number of benzene rings is 1. The molecular weight excluding hydrogens is 296 g/mol. The lowest BCUT2D eigenvalue weighted by molar-refractivity contribution is -0.385. The highest BCUT2D eigenvalue weighted by atomic mass is 79.9. The standard InChI is InChI=1S/C13H19BrN2O2/c1-3-5-12(15-4-2)9-10-8-11(14)6-7-13(10)16(17)18/h6-8,12,15H,3-5,9H2,1-2H3. The molecule has 0 heterocycles. The van der Waals surface area contributed by atoms with E-state index in [1.165, 1.54) is 0 Å². The molecule has 1 atom stereocenters. The molecule has 0 amide bonds. The fourth-order valence-corrected chi connectivity index (χ4v) is 2.48. The van der Waals surface area contributed by atoms with Crippen LogP contribution in [0.15, 0.2) is 22.7 Å². The Bertz CT molecular complexity index is 404. The van der Waals surface area contributed by atoms with Gasteiger partial charge in [0, 0.05) is 22.1 Å². The van der Waals surface area contributed by atoms with E-state index in [-0.39, 0.29) is 10.6 Å². The Hall–Kier alpha value is -0.940. The monoisotopic (exact) mass is 314 g/mol. The van der Waals surface area contributed by atoms with Crippen molar-refractivity contribution in [2.45, 2.75) is 39.2 Å². The molecule has 18 heavy (non-hydrogen) atoms. The van der Waals surface area contributed by atoms with Gasteiger partial charge in [0.05, 0.1) is 4.92 Å². The maximum atomic E-state index is 11.0. The molecule has 0 fully saturated rings. The molecular formula is C13H19BrN2O2. The fraction of sp³-hybridized carbons (Fsp3) is 0.538. The average molecular weight is 315 g/mol. The van der Waals surface area contributed by atoms with Crippen LogP contribution >= 0.6 is 15.9 Å². The summed E-state index contributed by atoms with van der Waals surface area (Å²) in [5.74, 6) is 0. The Morgan fingerprint density at radius 1 is 1.44 bits per heavy atom. The molecule has 1 rings (SSSR count). The van der Waals surface area contributed by atoms with E-state index < -0.39 is 0 Å². The van der Waals surface area contributed by atoms with E-state index >= 15 is 0 Å². The zero-order valence-electron chi connectivity index (χ0n) is 10.8. The van der Waals surface area contributed by atoms with Crippen molar-refractivity contribution in [2.24, 2.45) is 0 Å². The van der Waals surface area contributed by atoms with Crippen LogP contribution in [0.4, 0.5) is 5.69 Å². The van der Waals surface area contributed by atoms with E-state index in [0.29, 0.717) is 12.5 Å². The first-order valence-corrected chi connectivity index (χ1v) is 7.04. The van der Waals surface area contributed by atoms with Crippen LogP contribution in [0.25, 0.3) is 0 Å². The summed E-state index contributed by atoms with van der Waals surface area (Å²) < 4.78 is 0.884. The van der Waals surface area contributed by atoms with Crippen molar-refractivity contribution in [3.8, 4) is 0 Å². The zero-order chi connectivity index (χ0) is 13.5. The third-order valence-electron chi connectivity index (χ3n) is 2.83. The van der Waals surface area contributed by atoms with E-state index in [1.54, 1.807) is 12.1 Å². The summed E-state index contributed by atoms with van der Waals surface area (Å²) in [5.41, 5.74) is 0.992. The van der Waals surface area contributed by atoms with Crippen LogP contribution in [0, 0.1) is 10.1 Å². The van der Waals surface area contributed by atoms with Gasteiger partial charge in [0.1, 0.15) is 0 Å². The summed E-state index contributed by atoms with van der Waals surface area (Å²) in [6.45, 7) is 5.06. The highest BCUT2D eigenvalue weighted by Crippen LogP contribution is 2.24. The van der Waals surface area contributed by atoms with Crippen LogP contribution in [0.3, 0.4) is 0 Å². The highest BCUT2D eigenvalue weighted by molar-refractivity contribution is 9.10. The molecule has 1 aromatic carbocycles. The Labute approximate surface area is 116 Å². The summed E-state index contributed by atoms with van der Waals surface area (Å²) in [4.78, 5) is 10.7. The topological polar surface area (TPSA) is 55.2 Å². The van der Waals surface area contributed by atoms with E-state index in [9.17, 15) is 10.1 Å². The second kappa shape index (κ2) is 7.48. The van der Waals surface area contributed by atoms with Crippen molar-refractivity contribution in [1.82, 2.24) is 5.32 Å². The third kappa shape index (κ3) is 4.38. The Balaban J connectivity index is 2.92. The third-order valence-corrected chi connectivity index (χ3v) is 3.33. The average Bonchev–Trinajstić information content (AvgIpc) is 2.29. The summed E-state index contributed by atoms with van der Waals surface area (Å²) in [6, 6.07) is 5.42. The van der Waals surface area contributed by atoms with Gasteiger partial charge in [0.15, 0.2) is 0 Å². The molecule has 0 aromatic heterocycles. The van der Waals surface area contributed by atoms with Crippen LogP contribution < -0.4 is 5.32 Å². The predicted molar refractivity (Wildman–Crippen MR) is 76.9 cm³/mol. The summed E-state index contributed by atoms with van der Waals surface area (Å²) >= 11 is 3.37. The molecule has 1 aromatic rings. The molecule has 0 radical (unpaired) electrons. The maximum Gasteiger partial charge on any atom is 0.272 e. The molecule has 0 saturated carbocycles. The number of nitrogens with zero attached hydrogens (tertiary/aromatic N) is 1. The summed E-state index contributed by atoms with van der Waals surface area (Å²) in [7, 11) is 0. The quantitative estimate of drug-likeness (QED) is 0.617. The van der Waals surface area contributed by atoms with Crippen LogP contribution in [0.1, 0.15) is 32.3 Å². The molecule has 100 valence electrons. The molecule has 1 unspecified atom stereocenters. The first kappa shape index (κ1) is 15.1. The van der Waals surface area contributed by atoms with E-state index in [1.807, 2.05) is 6.07 Å². The minimum atomic E-state index is -0.309. The smallest absolute Gasteiger partial charge is 0.272 e. The van der Waals surface area contributed by atoms with Crippen molar-refractivity contribution in [3.05, 3.63) is 38.3 Å². The van der Waals surface area contributed by atoms with Gasteiger partial charge >= 0.3 is 0 Å². The number of hydrogen-bond donors (Lipinski definition) is 1. The minimum absolute atomic E-state index is 0.206. The van der Waals surface area contributed by atoms with Gasteiger partial charge in [0.2, 0.25) is 0 Å². The lowest BCUT2D eigenvalue weighted by Gasteiger charge is -2.17. The number of hydrogen-bond acceptors (Lipinski definition) is 3. The van der Waals surface area contributed by atoms with Gasteiger partial charge in [0.25, 0.3) is 5.69 Å². The van der Waals surface area contributed by atoms with Crippen LogP contribution in [-0.4, -0.2) is 17.5 Å². The van der Waals surface area contributed by atoms with Crippen molar-refractivity contribution in [1.29, 1.82) is 0 Å². The van der Waals surface area contributed by atoms with Crippen molar-refractivity contribution in [3.63, 3.8) is 0 Å². The van der Waals surface area contributed by atoms with Crippen LogP contribution in [0.5, 0.6) is 0 Å². The predicted octanol–water partition coefficient (Wildman–Crippen LogP) is 3.68. The lowest BCUT2D eigenvalue weighted by atomic mass is 10.0. The van der Waals surface area contributed by atoms with Gasteiger partial charge in [-0.25, -0.2) is 0 Å². The normalized spacial score (nSPS) is 12.4. The summed E-state index contributed by atoms with van der Waals surface area (Å²) in [6.07, 6.45) is 2.79. The SMILES string of the molecule is CCCC(Cc1cc(Br)ccc1[N+](=O)[O-])NCC. The molecule has 0 aliphatic carbocycles. The van der Waals surface area contributed by atoms with Gasteiger partial charge < -0.3 is 5.32 Å².